The molecule has 0 heterocycles. The lowest BCUT2D eigenvalue weighted by Crippen LogP contribution is -2.32. The van der Waals surface area contributed by atoms with E-state index in [0.29, 0.717) is 6.04 Å². The smallest absolute Gasteiger partial charge is 0.0457 e. The SMILES string of the molecule is CCCC(N)C[Si](C)(C)C. The summed E-state index contributed by atoms with van der Waals surface area (Å²) in [7, 11) is -0.883. The van der Waals surface area contributed by atoms with Gasteiger partial charge in [-0.25, -0.2) is 0 Å². The Bertz CT molecular complexity index is 85.7. The van der Waals surface area contributed by atoms with E-state index in [0.717, 1.165) is 0 Å². The second-order valence-electron chi connectivity index (χ2n) is 4.31. The fourth-order valence-corrected chi connectivity index (χ4v) is 3.04. The van der Waals surface area contributed by atoms with Gasteiger partial charge in [0.1, 0.15) is 0 Å². The van der Waals surface area contributed by atoms with Gasteiger partial charge >= 0.3 is 0 Å². The van der Waals surface area contributed by atoms with Gasteiger partial charge in [-0.15, -0.1) is 0 Å². The Hall–Kier alpha value is 0.177. The number of hydrogen-bond donors (Lipinski definition) is 1. The van der Waals surface area contributed by atoms with Crippen molar-refractivity contribution in [1.82, 2.24) is 0 Å². The summed E-state index contributed by atoms with van der Waals surface area (Å²) in [4.78, 5) is 0. The van der Waals surface area contributed by atoms with Crippen LogP contribution in [0.1, 0.15) is 19.8 Å². The lowest BCUT2D eigenvalue weighted by atomic mass is 10.2. The van der Waals surface area contributed by atoms with Crippen LogP contribution in [0.4, 0.5) is 0 Å². The van der Waals surface area contributed by atoms with Crippen LogP contribution in [0.25, 0.3) is 0 Å². The normalized spacial score (nSPS) is 15.3. The molecule has 0 saturated heterocycles. The van der Waals surface area contributed by atoms with Gasteiger partial charge in [0.25, 0.3) is 0 Å². The van der Waals surface area contributed by atoms with Gasteiger partial charge < -0.3 is 5.73 Å². The van der Waals surface area contributed by atoms with Crippen LogP contribution in [-0.2, 0) is 0 Å². The van der Waals surface area contributed by atoms with Crippen LogP contribution in [-0.4, -0.2) is 14.1 Å². The molecule has 1 nitrogen and oxygen atoms in total. The lowest BCUT2D eigenvalue weighted by molar-refractivity contribution is 0.645. The van der Waals surface area contributed by atoms with Crippen molar-refractivity contribution in [1.29, 1.82) is 0 Å². The molecule has 0 aromatic heterocycles. The van der Waals surface area contributed by atoms with Crippen molar-refractivity contribution in [3.05, 3.63) is 0 Å². The Morgan fingerprint density at radius 3 is 2.10 bits per heavy atom. The number of rotatable bonds is 4. The third kappa shape index (κ3) is 6.30. The average Bonchev–Trinajstić information content (AvgIpc) is 1.59. The molecule has 0 bridgehead atoms. The fraction of sp³-hybridized carbons (Fsp3) is 1.00. The maximum absolute atomic E-state index is 5.91. The Balaban J connectivity index is 3.47. The van der Waals surface area contributed by atoms with E-state index < -0.39 is 8.07 Å². The van der Waals surface area contributed by atoms with Crippen LogP contribution >= 0.6 is 0 Å². The molecule has 10 heavy (non-hydrogen) atoms. The van der Waals surface area contributed by atoms with Crippen molar-refractivity contribution in [2.45, 2.75) is 51.5 Å². The summed E-state index contributed by atoms with van der Waals surface area (Å²) in [5.41, 5.74) is 5.91. The van der Waals surface area contributed by atoms with E-state index in [1.807, 2.05) is 0 Å². The molecule has 0 rings (SSSR count). The predicted octanol–water partition coefficient (Wildman–Crippen LogP) is 2.45. The van der Waals surface area contributed by atoms with Gasteiger partial charge in [0.05, 0.1) is 0 Å². The first kappa shape index (κ1) is 10.2. The Morgan fingerprint density at radius 2 is 1.80 bits per heavy atom. The first-order chi connectivity index (χ1) is 4.45. The topological polar surface area (TPSA) is 26.0 Å². The van der Waals surface area contributed by atoms with Crippen LogP contribution in [0.2, 0.25) is 25.7 Å². The maximum atomic E-state index is 5.91. The van der Waals surface area contributed by atoms with Crippen LogP contribution < -0.4 is 5.73 Å². The quantitative estimate of drug-likeness (QED) is 0.627. The third-order valence-electron chi connectivity index (χ3n) is 1.53. The minimum absolute atomic E-state index is 0.469. The number of hydrogen-bond acceptors (Lipinski definition) is 1. The van der Waals surface area contributed by atoms with Gasteiger partial charge in [-0.2, -0.15) is 0 Å². The van der Waals surface area contributed by atoms with E-state index in [2.05, 4.69) is 26.6 Å². The number of nitrogens with two attached hydrogens (primary N) is 1. The zero-order valence-electron chi connectivity index (χ0n) is 7.78. The summed E-state index contributed by atoms with van der Waals surface area (Å²) in [5.74, 6) is 0. The highest BCUT2D eigenvalue weighted by atomic mass is 28.3. The molecular formula is C8H21NSi. The summed E-state index contributed by atoms with van der Waals surface area (Å²) < 4.78 is 0. The first-order valence-corrected chi connectivity index (χ1v) is 7.92. The van der Waals surface area contributed by atoms with Crippen molar-refractivity contribution in [3.8, 4) is 0 Å². The predicted molar refractivity (Wildman–Crippen MR) is 51.0 cm³/mol. The fourth-order valence-electron chi connectivity index (χ4n) is 1.26. The molecule has 0 aliphatic heterocycles. The van der Waals surface area contributed by atoms with E-state index in [1.54, 1.807) is 0 Å². The molecule has 2 heteroatoms. The van der Waals surface area contributed by atoms with Crippen LogP contribution in [0.15, 0.2) is 0 Å². The second kappa shape index (κ2) is 4.14. The largest absolute Gasteiger partial charge is 0.328 e. The molecule has 2 N–H and O–H groups in total. The Labute approximate surface area is 66.0 Å². The molecule has 0 amide bonds. The standard InChI is InChI=1S/C8H21NSi/c1-5-6-8(9)7-10(2,3)4/h8H,5-7,9H2,1-4H3. The van der Waals surface area contributed by atoms with Crippen molar-refractivity contribution in [3.63, 3.8) is 0 Å². The summed E-state index contributed by atoms with van der Waals surface area (Å²) in [5, 5.41) is 0. The van der Waals surface area contributed by atoms with E-state index in [1.165, 1.54) is 18.9 Å². The monoisotopic (exact) mass is 159 g/mol. The molecule has 62 valence electrons. The third-order valence-corrected chi connectivity index (χ3v) is 3.28. The van der Waals surface area contributed by atoms with Crippen molar-refractivity contribution >= 4 is 8.07 Å². The molecular weight excluding hydrogens is 138 g/mol. The van der Waals surface area contributed by atoms with E-state index >= 15 is 0 Å². The summed E-state index contributed by atoms with van der Waals surface area (Å²) in [6.07, 6.45) is 2.43. The molecule has 1 unspecified atom stereocenters. The van der Waals surface area contributed by atoms with Crippen molar-refractivity contribution in [2.75, 3.05) is 0 Å². The van der Waals surface area contributed by atoms with E-state index in [4.69, 9.17) is 5.73 Å². The van der Waals surface area contributed by atoms with Crippen LogP contribution in [0.5, 0.6) is 0 Å². The molecule has 0 radical (unpaired) electrons. The van der Waals surface area contributed by atoms with Gasteiger partial charge in [-0.1, -0.05) is 33.0 Å². The molecule has 0 spiro atoms. The lowest BCUT2D eigenvalue weighted by Gasteiger charge is -2.20. The zero-order valence-corrected chi connectivity index (χ0v) is 8.78. The zero-order chi connectivity index (χ0) is 8.20. The van der Waals surface area contributed by atoms with Gasteiger partial charge in [0, 0.05) is 14.1 Å². The highest BCUT2D eigenvalue weighted by Gasteiger charge is 2.16. The molecule has 0 aromatic carbocycles. The van der Waals surface area contributed by atoms with Gasteiger partial charge in [-0.05, 0) is 12.5 Å². The molecule has 1 atom stereocenters. The van der Waals surface area contributed by atoms with Crippen molar-refractivity contribution in [2.24, 2.45) is 5.73 Å². The van der Waals surface area contributed by atoms with Crippen LogP contribution in [0.3, 0.4) is 0 Å². The molecule has 0 aliphatic carbocycles. The second-order valence-corrected chi connectivity index (χ2v) is 9.84. The van der Waals surface area contributed by atoms with Gasteiger partial charge in [-0.3, -0.25) is 0 Å². The van der Waals surface area contributed by atoms with Crippen LogP contribution in [0, 0.1) is 0 Å². The van der Waals surface area contributed by atoms with Gasteiger partial charge in [0.2, 0.25) is 0 Å². The average molecular weight is 159 g/mol. The Kier molecular flexibility index (Phi) is 4.21. The highest BCUT2D eigenvalue weighted by Crippen LogP contribution is 2.12. The summed E-state index contributed by atoms with van der Waals surface area (Å²) in [6.45, 7) is 9.33. The maximum Gasteiger partial charge on any atom is 0.0457 e. The minimum atomic E-state index is -0.883. The molecule has 0 fully saturated rings. The van der Waals surface area contributed by atoms with Gasteiger partial charge in [0.15, 0.2) is 0 Å². The van der Waals surface area contributed by atoms with Crippen molar-refractivity contribution < 1.29 is 0 Å². The summed E-state index contributed by atoms with van der Waals surface area (Å²) >= 11 is 0. The molecule has 0 saturated carbocycles. The first-order valence-electron chi connectivity index (χ1n) is 4.21. The van der Waals surface area contributed by atoms with E-state index in [9.17, 15) is 0 Å². The molecule has 0 aromatic rings. The van der Waals surface area contributed by atoms with E-state index in [-0.39, 0.29) is 0 Å². The summed E-state index contributed by atoms with van der Waals surface area (Å²) in [6, 6.07) is 1.75. The Morgan fingerprint density at radius 1 is 1.30 bits per heavy atom. The highest BCUT2D eigenvalue weighted by molar-refractivity contribution is 6.76. The minimum Gasteiger partial charge on any atom is -0.328 e. The molecule has 0 aliphatic rings.